The van der Waals surface area contributed by atoms with Crippen molar-refractivity contribution in [3.05, 3.63) is 47.5 Å². The van der Waals surface area contributed by atoms with E-state index < -0.39 is 0 Å². The number of carbonyl (C=O) groups excluding carboxylic acids is 2. The van der Waals surface area contributed by atoms with Gasteiger partial charge in [-0.25, -0.2) is 0 Å². The summed E-state index contributed by atoms with van der Waals surface area (Å²) in [5.74, 6) is 3.56. The summed E-state index contributed by atoms with van der Waals surface area (Å²) in [6, 6.07) is 10.9. The number of amides is 1. The molecule has 4 bridgehead atoms. The van der Waals surface area contributed by atoms with Crippen LogP contribution >= 0.6 is 0 Å². The molecule has 0 spiro atoms. The smallest absolute Gasteiger partial charge is 0.317 e. The van der Waals surface area contributed by atoms with Crippen molar-refractivity contribution in [2.75, 3.05) is 19.5 Å². The van der Waals surface area contributed by atoms with E-state index in [1.807, 2.05) is 30.3 Å². The molecule has 176 valence electrons. The van der Waals surface area contributed by atoms with Gasteiger partial charge in [0.1, 0.15) is 5.75 Å². The van der Waals surface area contributed by atoms with Gasteiger partial charge in [-0.1, -0.05) is 12.1 Å². The van der Waals surface area contributed by atoms with Crippen molar-refractivity contribution < 1.29 is 23.8 Å². The van der Waals surface area contributed by atoms with E-state index in [1.54, 1.807) is 26.4 Å². The van der Waals surface area contributed by atoms with E-state index in [9.17, 15) is 9.59 Å². The first kappa shape index (κ1) is 21.3. The fraction of sp³-hybridized carbons (Fsp3) is 0.429. The molecule has 2 aromatic carbocycles. The van der Waals surface area contributed by atoms with Crippen LogP contribution in [-0.2, 0) is 9.59 Å². The number of nitrogens with one attached hydrogen (secondary N) is 1. The molecule has 4 saturated carbocycles. The number of hydrogen-bond donors (Lipinski definition) is 1. The maximum absolute atomic E-state index is 13.2. The second-order valence-corrected chi connectivity index (χ2v) is 10.4. The van der Waals surface area contributed by atoms with Crippen LogP contribution in [0.4, 0.5) is 5.69 Å². The van der Waals surface area contributed by atoms with E-state index in [4.69, 9.17) is 14.2 Å². The Balaban J connectivity index is 1.21. The Bertz CT molecular complexity index is 1160. The minimum atomic E-state index is -0.277. The van der Waals surface area contributed by atoms with Crippen LogP contribution in [0.15, 0.2) is 36.4 Å². The van der Waals surface area contributed by atoms with Crippen LogP contribution in [-0.4, -0.2) is 26.1 Å². The summed E-state index contributed by atoms with van der Waals surface area (Å²) in [7, 11) is 3.14. The predicted octanol–water partition coefficient (Wildman–Crippen LogP) is 5.32. The summed E-state index contributed by atoms with van der Waals surface area (Å²) < 4.78 is 16.6. The minimum Gasteiger partial charge on any atom is -0.493 e. The highest BCUT2D eigenvalue weighted by Crippen LogP contribution is 2.60. The van der Waals surface area contributed by atoms with E-state index in [-0.39, 0.29) is 17.3 Å². The van der Waals surface area contributed by atoms with Crippen LogP contribution in [0.5, 0.6) is 17.2 Å². The summed E-state index contributed by atoms with van der Waals surface area (Å²) >= 11 is 0. The van der Waals surface area contributed by atoms with Gasteiger partial charge in [-0.2, -0.15) is 0 Å². The number of esters is 1. The molecule has 5 aliphatic rings. The van der Waals surface area contributed by atoms with E-state index >= 15 is 0 Å². The average Bonchev–Trinajstić information content (AvgIpc) is 3.12. The molecular weight excluding hydrogens is 430 g/mol. The van der Waals surface area contributed by atoms with Crippen LogP contribution in [0.2, 0.25) is 0 Å². The second kappa shape index (κ2) is 7.90. The van der Waals surface area contributed by atoms with Crippen LogP contribution in [0.3, 0.4) is 0 Å². The van der Waals surface area contributed by atoms with Gasteiger partial charge in [-0.05, 0) is 86.1 Å². The van der Waals surface area contributed by atoms with E-state index in [0.29, 0.717) is 46.3 Å². The highest BCUT2D eigenvalue weighted by atomic mass is 16.5. The molecule has 1 heterocycles. The van der Waals surface area contributed by atoms with Crippen molar-refractivity contribution in [3.8, 4) is 17.2 Å². The van der Waals surface area contributed by atoms with Gasteiger partial charge in [0.15, 0.2) is 11.5 Å². The second-order valence-electron chi connectivity index (χ2n) is 10.4. The molecule has 1 N–H and O–H groups in total. The number of ether oxygens (including phenoxy) is 3. The summed E-state index contributed by atoms with van der Waals surface area (Å²) in [5.41, 5.74) is 2.58. The third-order valence-electron chi connectivity index (χ3n) is 8.18. The summed E-state index contributed by atoms with van der Waals surface area (Å²) in [5, 5.41) is 2.88. The lowest BCUT2D eigenvalue weighted by molar-refractivity contribution is -0.161. The zero-order valence-electron chi connectivity index (χ0n) is 19.6. The maximum atomic E-state index is 13.2. The number of fused-ring (bicyclic) bond motifs is 1. The molecule has 0 radical (unpaired) electrons. The quantitative estimate of drug-likeness (QED) is 0.372. The first-order valence-electron chi connectivity index (χ1n) is 12.1. The molecule has 2 aromatic rings. The van der Waals surface area contributed by atoms with Gasteiger partial charge in [0.25, 0.3) is 5.91 Å². The zero-order valence-corrected chi connectivity index (χ0v) is 19.6. The molecule has 0 atom stereocenters. The van der Waals surface area contributed by atoms with Gasteiger partial charge >= 0.3 is 5.97 Å². The van der Waals surface area contributed by atoms with Crippen LogP contribution in [0, 0.1) is 23.2 Å². The molecule has 1 amide bonds. The Morgan fingerprint density at radius 3 is 2.12 bits per heavy atom. The van der Waals surface area contributed by atoms with Crippen LogP contribution in [0.25, 0.3) is 11.6 Å². The first-order chi connectivity index (χ1) is 16.5. The van der Waals surface area contributed by atoms with E-state index in [2.05, 4.69) is 5.32 Å². The van der Waals surface area contributed by atoms with Gasteiger partial charge in [-0.3, -0.25) is 9.59 Å². The molecule has 0 aromatic heterocycles. The summed E-state index contributed by atoms with van der Waals surface area (Å²) in [6.45, 7) is 0. The zero-order chi connectivity index (χ0) is 23.4. The van der Waals surface area contributed by atoms with Gasteiger partial charge in [0.05, 0.1) is 25.3 Å². The van der Waals surface area contributed by atoms with Crippen molar-refractivity contribution in [1.82, 2.24) is 0 Å². The predicted molar refractivity (Wildman–Crippen MR) is 129 cm³/mol. The average molecular weight is 460 g/mol. The van der Waals surface area contributed by atoms with Gasteiger partial charge in [-0.15, -0.1) is 0 Å². The number of rotatable bonds is 5. The number of hydrogen-bond acceptors (Lipinski definition) is 5. The minimum absolute atomic E-state index is 0.0529. The molecule has 0 saturated heterocycles. The molecular formula is C28H29NO5. The van der Waals surface area contributed by atoms with Crippen molar-refractivity contribution in [2.24, 2.45) is 23.2 Å². The number of anilines is 1. The highest BCUT2D eigenvalue weighted by Gasteiger charge is 2.55. The van der Waals surface area contributed by atoms with Crippen molar-refractivity contribution in [3.63, 3.8) is 0 Å². The number of methoxy groups -OCH3 is 2. The molecule has 7 rings (SSSR count). The van der Waals surface area contributed by atoms with Gasteiger partial charge < -0.3 is 19.5 Å². The lowest BCUT2D eigenvalue weighted by Crippen LogP contribution is -2.51. The standard InChI is InChI=1S/C28H29NO5/c1-32-24-11-21-22(26(30)29-23(21)12-25(24)33-2)10-16-3-5-20(6-4-16)34-27(31)28-13-17-7-18(14-28)9-19(8-17)15-28/h3-6,10-12,17-19H,7-9,13-15H2,1-2H3,(H,29,30). The lowest BCUT2D eigenvalue weighted by atomic mass is 9.49. The number of benzene rings is 2. The topological polar surface area (TPSA) is 73.9 Å². The SMILES string of the molecule is COc1cc2c(cc1OC)C(=Cc1ccc(OC(=O)C34CC5CC(CC(C5)C3)C4)cc1)C(=O)N2. The Hall–Kier alpha value is -3.28. The Kier molecular flexibility index (Phi) is 4.94. The molecule has 4 fully saturated rings. The summed E-state index contributed by atoms with van der Waals surface area (Å²) in [6.07, 6.45) is 8.69. The normalized spacial score (nSPS) is 29.6. The maximum Gasteiger partial charge on any atom is 0.317 e. The fourth-order valence-corrected chi connectivity index (χ4v) is 7.04. The molecule has 4 aliphatic carbocycles. The molecule has 0 unspecified atom stereocenters. The lowest BCUT2D eigenvalue weighted by Gasteiger charge is -2.55. The van der Waals surface area contributed by atoms with Crippen molar-refractivity contribution >= 4 is 29.2 Å². The molecule has 6 nitrogen and oxygen atoms in total. The molecule has 1 aliphatic heterocycles. The largest absolute Gasteiger partial charge is 0.493 e. The highest BCUT2D eigenvalue weighted by molar-refractivity contribution is 6.35. The van der Waals surface area contributed by atoms with Crippen LogP contribution in [0.1, 0.15) is 49.7 Å². The monoisotopic (exact) mass is 459 g/mol. The third-order valence-corrected chi connectivity index (χ3v) is 8.18. The Labute approximate surface area is 199 Å². The van der Waals surface area contributed by atoms with Crippen molar-refractivity contribution in [2.45, 2.75) is 38.5 Å². The Morgan fingerprint density at radius 1 is 0.941 bits per heavy atom. The van der Waals surface area contributed by atoms with Gasteiger partial charge in [0.2, 0.25) is 0 Å². The van der Waals surface area contributed by atoms with E-state index in [1.165, 1.54) is 19.3 Å². The molecule has 34 heavy (non-hydrogen) atoms. The Morgan fingerprint density at radius 2 is 1.53 bits per heavy atom. The number of carbonyl (C=O) groups is 2. The third kappa shape index (κ3) is 3.47. The first-order valence-corrected chi connectivity index (χ1v) is 12.1. The van der Waals surface area contributed by atoms with Crippen molar-refractivity contribution in [1.29, 1.82) is 0 Å². The van der Waals surface area contributed by atoms with Crippen LogP contribution < -0.4 is 19.5 Å². The molecule has 6 heteroatoms. The summed E-state index contributed by atoms with van der Waals surface area (Å²) in [4.78, 5) is 25.8. The van der Waals surface area contributed by atoms with E-state index in [0.717, 1.165) is 30.4 Å². The van der Waals surface area contributed by atoms with Gasteiger partial charge in [0, 0.05) is 17.2 Å². The fourth-order valence-electron chi connectivity index (χ4n) is 7.04.